The van der Waals surface area contributed by atoms with Crippen molar-refractivity contribution in [2.24, 2.45) is 0 Å². The molecule has 5 heteroatoms. The van der Waals surface area contributed by atoms with Gasteiger partial charge in [-0.2, -0.15) is 0 Å². The summed E-state index contributed by atoms with van der Waals surface area (Å²) in [6.45, 7) is 2.35. The molecule has 0 saturated heterocycles. The third-order valence-corrected chi connectivity index (χ3v) is 1.81. The van der Waals surface area contributed by atoms with Gasteiger partial charge in [0.15, 0.2) is 0 Å². The maximum absolute atomic E-state index is 5.64. The first-order valence-electron chi connectivity index (χ1n) is 4.62. The predicted octanol–water partition coefficient (Wildman–Crippen LogP) is 1.72. The quantitative estimate of drug-likeness (QED) is 0.772. The van der Waals surface area contributed by atoms with Gasteiger partial charge in [0.05, 0.1) is 6.61 Å². The van der Waals surface area contributed by atoms with Crippen molar-refractivity contribution < 1.29 is 9.15 Å². The van der Waals surface area contributed by atoms with Crippen LogP contribution in [0.4, 0.5) is 5.69 Å². The van der Waals surface area contributed by atoms with Gasteiger partial charge in [-0.25, -0.2) is 0 Å². The zero-order chi connectivity index (χ0) is 10.7. The molecule has 0 amide bonds. The topological polar surface area (TPSA) is 74.2 Å². The van der Waals surface area contributed by atoms with E-state index in [1.165, 1.54) is 0 Å². The van der Waals surface area contributed by atoms with Gasteiger partial charge < -0.3 is 14.9 Å². The van der Waals surface area contributed by atoms with Crippen molar-refractivity contribution in [3.05, 3.63) is 24.3 Å². The summed E-state index contributed by atoms with van der Waals surface area (Å²) in [4.78, 5) is 0. The van der Waals surface area contributed by atoms with Crippen molar-refractivity contribution in [1.29, 1.82) is 0 Å². The van der Waals surface area contributed by atoms with Crippen molar-refractivity contribution >= 4 is 5.69 Å². The molecule has 1 aromatic carbocycles. The molecule has 0 unspecified atom stereocenters. The molecule has 0 aliphatic carbocycles. The van der Waals surface area contributed by atoms with E-state index in [2.05, 4.69) is 10.2 Å². The lowest BCUT2D eigenvalue weighted by molar-refractivity contribution is 0.247. The molecule has 2 aromatic rings. The summed E-state index contributed by atoms with van der Waals surface area (Å²) in [5.41, 5.74) is 7.08. The number of nitrogen functional groups attached to an aromatic ring is 1. The number of ether oxygens (including phenoxy) is 1. The van der Waals surface area contributed by atoms with E-state index >= 15 is 0 Å². The number of nitrogens with two attached hydrogens (primary N) is 1. The Kier molecular flexibility index (Phi) is 2.53. The van der Waals surface area contributed by atoms with Crippen LogP contribution >= 0.6 is 0 Å². The molecule has 15 heavy (non-hydrogen) atoms. The molecule has 1 heterocycles. The SMILES string of the molecule is CCOc1nnc(-c2cccc(N)c2)o1. The normalized spacial score (nSPS) is 10.2. The van der Waals surface area contributed by atoms with Crippen LogP contribution in [0.5, 0.6) is 6.08 Å². The summed E-state index contributed by atoms with van der Waals surface area (Å²) in [7, 11) is 0. The van der Waals surface area contributed by atoms with Crippen LogP contribution in [-0.2, 0) is 0 Å². The summed E-state index contributed by atoms with van der Waals surface area (Å²) in [5, 5.41) is 7.58. The fourth-order valence-corrected chi connectivity index (χ4v) is 1.18. The molecule has 0 aliphatic rings. The van der Waals surface area contributed by atoms with E-state index < -0.39 is 0 Å². The predicted molar refractivity (Wildman–Crippen MR) is 55.3 cm³/mol. The first kappa shape index (κ1) is 9.51. The second-order valence-corrected chi connectivity index (χ2v) is 2.93. The van der Waals surface area contributed by atoms with Crippen molar-refractivity contribution in [2.75, 3.05) is 12.3 Å². The van der Waals surface area contributed by atoms with E-state index in [1.54, 1.807) is 12.1 Å². The highest BCUT2D eigenvalue weighted by molar-refractivity contribution is 5.59. The van der Waals surface area contributed by atoms with Gasteiger partial charge in [0.25, 0.3) is 5.89 Å². The molecule has 5 nitrogen and oxygen atoms in total. The third kappa shape index (κ3) is 2.07. The van der Waals surface area contributed by atoms with E-state index in [-0.39, 0.29) is 6.08 Å². The largest absolute Gasteiger partial charge is 0.449 e. The Hall–Kier alpha value is -2.04. The van der Waals surface area contributed by atoms with Gasteiger partial charge >= 0.3 is 6.08 Å². The summed E-state index contributed by atoms with van der Waals surface area (Å²) in [6, 6.07) is 7.24. The Morgan fingerprint density at radius 3 is 3.00 bits per heavy atom. The summed E-state index contributed by atoms with van der Waals surface area (Å²) in [5.74, 6) is 0.408. The van der Waals surface area contributed by atoms with Gasteiger partial charge in [-0.1, -0.05) is 11.2 Å². The Morgan fingerprint density at radius 2 is 2.27 bits per heavy atom. The van der Waals surface area contributed by atoms with Gasteiger partial charge in [-0.05, 0) is 25.1 Å². The van der Waals surface area contributed by atoms with Crippen LogP contribution in [0.1, 0.15) is 6.92 Å². The Bertz CT molecular complexity index is 453. The molecule has 0 atom stereocenters. The summed E-state index contributed by atoms with van der Waals surface area (Å²) in [6.07, 6.45) is 0.176. The highest BCUT2D eigenvalue weighted by Crippen LogP contribution is 2.22. The highest BCUT2D eigenvalue weighted by Gasteiger charge is 2.08. The molecule has 2 N–H and O–H groups in total. The molecule has 0 radical (unpaired) electrons. The van der Waals surface area contributed by atoms with Crippen LogP contribution in [0.15, 0.2) is 28.7 Å². The first-order valence-corrected chi connectivity index (χ1v) is 4.62. The molecular formula is C10H11N3O2. The van der Waals surface area contributed by atoms with E-state index in [0.717, 1.165) is 5.56 Å². The number of aromatic nitrogens is 2. The maximum atomic E-state index is 5.64. The zero-order valence-corrected chi connectivity index (χ0v) is 8.30. The van der Waals surface area contributed by atoms with E-state index in [0.29, 0.717) is 18.2 Å². The maximum Gasteiger partial charge on any atom is 0.414 e. The highest BCUT2D eigenvalue weighted by atomic mass is 16.6. The van der Waals surface area contributed by atoms with Crippen molar-refractivity contribution in [2.45, 2.75) is 6.92 Å². The average molecular weight is 205 g/mol. The summed E-state index contributed by atoms with van der Waals surface area (Å²) < 4.78 is 10.3. The van der Waals surface area contributed by atoms with Crippen LogP contribution in [0.25, 0.3) is 11.5 Å². The molecule has 0 fully saturated rings. The van der Waals surface area contributed by atoms with E-state index in [9.17, 15) is 0 Å². The van der Waals surface area contributed by atoms with Crippen LogP contribution in [0, 0.1) is 0 Å². The average Bonchev–Trinajstić information content (AvgIpc) is 2.67. The van der Waals surface area contributed by atoms with Gasteiger partial charge in [0.1, 0.15) is 0 Å². The minimum absolute atomic E-state index is 0.176. The molecule has 78 valence electrons. The van der Waals surface area contributed by atoms with Gasteiger partial charge in [-0.15, -0.1) is 5.10 Å². The molecule has 0 bridgehead atoms. The fraction of sp³-hybridized carbons (Fsp3) is 0.200. The van der Waals surface area contributed by atoms with Crippen molar-refractivity contribution in [3.63, 3.8) is 0 Å². The summed E-state index contributed by atoms with van der Waals surface area (Å²) >= 11 is 0. The van der Waals surface area contributed by atoms with E-state index in [1.807, 2.05) is 19.1 Å². The van der Waals surface area contributed by atoms with Crippen LogP contribution < -0.4 is 10.5 Å². The van der Waals surface area contributed by atoms with Crippen LogP contribution in [0.3, 0.4) is 0 Å². The van der Waals surface area contributed by atoms with E-state index in [4.69, 9.17) is 14.9 Å². The van der Waals surface area contributed by atoms with Crippen LogP contribution in [-0.4, -0.2) is 16.8 Å². The lowest BCUT2D eigenvalue weighted by Gasteiger charge is -1.96. The number of nitrogens with zero attached hydrogens (tertiary/aromatic N) is 2. The molecular weight excluding hydrogens is 194 g/mol. The molecule has 2 rings (SSSR count). The Morgan fingerprint density at radius 1 is 1.40 bits per heavy atom. The number of benzene rings is 1. The fourth-order valence-electron chi connectivity index (χ4n) is 1.18. The van der Waals surface area contributed by atoms with Crippen LogP contribution in [0.2, 0.25) is 0 Å². The van der Waals surface area contributed by atoms with Crippen molar-refractivity contribution in [3.8, 4) is 17.5 Å². The monoisotopic (exact) mass is 205 g/mol. The second-order valence-electron chi connectivity index (χ2n) is 2.93. The van der Waals surface area contributed by atoms with Gasteiger partial charge in [0, 0.05) is 11.3 Å². The lowest BCUT2D eigenvalue weighted by Crippen LogP contribution is -1.90. The number of anilines is 1. The third-order valence-electron chi connectivity index (χ3n) is 1.81. The number of hydrogen-bond acceptors (Lipinski definition) is 5. The molecule has 0 saturated carbocycles. The molecule has 0 spiro atoms. The second kappa shape index (κ2) is 4.00. The Labute approximate surface area is 86.9 Å². The minimum Gasteiger partial charge on any atom is -0.449 e. The lowest BCUT2D eigenvalue weighted by atomic mass is 10.2. The van der Waals surface area contributed by atoms with Gasteiger partial charge in [0.2, 0.25) is 0 Å². The number of rotatable bonds is 3. The van der Waals surface area contributed by atoms with Crippen molar-refractivity contribution in [1.82, 2.24) is 10.2 Å². The zero-order valence-electron chi connectivity index (χ0n) is 8.30. The standard InChI is InChI=1S/C10H11N3O2/c1-2-14-10-13-12-9(15-10)7-4-3-5-8(11)6-7/h3-6H,2,11H2,1H3. The minimum atomic E-state index is 0.176. The first-order chi connectivity index (χ1) is 7.29. The molecule has 0 aliphatic heterocycles. The smallest absolute Gasteiger partial charge is 0.414 e. The molecule has 1 aromatic heterocycles. The number of hydrogen-bond donors (Lipinski definition) is 1. The van der Waals surface area contributed by atoms with Gasteiger partial charge in [-0.3, -0.25) is 0 Å². The Balaban J connectivity index is 2.29.